The molecule has 0 aliphatic rings. The molecule has 3 nitrogen and oxygen atoms in total. The van der Waals surface area contributed by atoms with Crippen molar-refractivity contribution >= 4 is 27.4 Å². The molecule has 0 radical (unpaired) electrons. The van der Waals surface area contributed by atoms with Gasteiger partial charge in [-0.3, -0.25) is 4.79 Å². The summed E-state index contributed by atoms with van der Waals surface area (Å²) in [6.45, 7) is 0. The lowest BCUT2D eigenvalue weighted by Crippen LogP contribution is -2.09. The van der Waals surface area contributed by atoms with E-state index in [2.05, 4.69) is 20.9 Å². The number of halogens is 1. The minimum absolute atomic E-state index is 0.202. The molecule has 0 spiro atoms. The van der Waals surface area contributed by atoms with Crippen LogP contribution in [0.15, 0.2) is 59.3 Å². The second kappa shape index (κ2) is 5.59. The molecular weight excluding hydrogens is 316 g/mol. The Morgan fingerprint density at radius 2 is 1.90 bits per heavy atom. The third kappa shape index (κ3) is 2.80. The first-order valence-electron chi connectivity index (χ1n) is 6.39. The summed E-state index contributed by atoms with van der Waals surface area (Å²) in [4.78, 5) is 16.4. The van der Waals surface area contributed by atoms with E-state index >= 15 is 0 Å². The van der Waals surface area contributed by atoms with Gasteiger partial charge in [-0.05, 0) is 29.8 Å². The highest BCUT2D eigenvalue weighted by Crippen LogP contribution is 2.12. The molecule has 0 aliphatic carbocycles. The predicted octanol–water partition coefficient (Wildman–Crippen LogP) is 3.45. The summed E-state index contributed by atoms with van der Waals surface area (Å²) in [5, 5.41) is 0. The number of rotatable bonds is 4. The zero-order valence-electron chi connectivity index (χ0n) is 10.8. The van der Waals surface area contributed by atoms with Crippen LogP contribution in [-0.2, 0) is 17.6 Å². The van der Waals surface area contributed by atoms with Crippen molar-refractivity contribution in [1.82, 2.24) is 9.38 Å². The smallest absolute Gasteiger partial charge is 0.143 e. The summed E-state index contributed by atoms with van der Waals surface area (Å²) in [5.74, 6) is 0.202. The van der Waals surface area contributed by atoms with Gasteiger partial charge >= 0.3 is 0 Å². The van der Waals surface area contributed by atoms with Crippen LogP contribution in [0, 0.1) is 0 Å². The maximum absolute atomic E-state index is 12.2. The highest BCUT2D eigenvalue weighted by atomic mass is 79.9. The lowest BCUT2D eigenvalue weighted by Gasteiger charge is -2.05. The molecule has 3 aromatic rings. The Morgan fingerprint density at radius 1 is 1.10 bits per heavy atom. The maximum Gasteiger partial charge on any atom is 0.143 e. The van der Waals surface area contributed by atoms with Crippen LogP contribution >= 0.6 is 15.9 Å². The number of fused-ring (bicyclic) bond motifs is 1. The Morgan fingerprint density at radius 3 is 2.70 bits per heavy atom. The molecule has 0 fully saturated rings. The first kappa shape index (κ1) is 13.1. The van der Waals surface area contributed by atoms with Gasteiger partial charge < -0.3 is 4.40 Å². The molecule has 4 heteroatoms. The largest absolute Gasteiger partial charge is 0.304 e. The van der Waals surface area contributed by atoms with E-state index in [1.165, 1.54) is 0 Å². The average Bonchev–Trinajstić information content (AvgIpc) is 2.91. The minimum Gasteiger partial charge on any atom is -0.304 e. The van der Waals surface area contributed by atoms with Gasteiger partial charge in [0.2, 0.25) is 0 Å². The zero-order valence-corrected chi connectivity index (χ0v) is 12.4. The first-order valence-corrected chi connectivity index (χ1v) is 7.19. The highest BCUT2D eigenvalue weighted by molar-refractivity contribution is 9.10. The minimum atomic E-state index is 0.202. The number of hydrogen-bond donors (Lipinski definition) is 0. The number of imidazole rings is 1. The highest BCUT2D eigenvalue weighted by Gasteiger charge is 2.08. The fraction of sp³-hybridized carbons (Fsp3) is 0.125. The van der Waals surface area contributed by atoms with E-state index in [0.29, 0.717) is 12.8 Å². The molecule has 0 amide bonds. The van der Waals surface area contributed by atoms with Gasteiger partial charge in [0.05, 0.1) is 0 Å². The van der Waals surface area contributed by atoms with E-state index in [1.807, 2.05) is 53.1 Å². The van der Waals surface area contributed by atoms with Crippen molar-refractivity contribution < 1.29 is 4.79 Å². The molecule has 3 rings (SSSR count). The zero-order chi connectivity index (χ0) is 13.9. The van der Waals surface area contributed by atoms with Gasteiger partial charge in [0.25, 0.3) is 0 Å². The topological polar surface area (TPSA) is 34.4 Å². The molecule has 20 heavy (non-hydrogen) atoms. The fourth-order valence-electron chi connectivity index (χ4n) is 2.25. The van der Waals surface area contributed by atoms with Crippen molar-refractivity contribution in [2.75, 3.05) is 0 Å². The summed E-state index contributed by atoms with van der Waals surface area (Å²) < 4.78 is 2.98. The van der Waals surface area contributed by atoms with Crippen molar-refractivity contribution in [2.45, 2.75) is 12.8 Å². The lowest BCUT2D eigenvalue weighted by molar-refractivity contribution is -0.117. The number of Topliss-reactive ketones (excluding diaryl/α,β-unsaturated/α-hetero) is 1. The number of carbonyl (C=O) groups is 1. The third-order valence-corrected chi connectivity index (χ3v) is 3.73. The second-order valence-electron chi connectivity index (χ2n) is 4.69. The van der Waals surface area contributed by atoms with Crippen LogP contribution < -0.4 is 0 Å². The molecule has 0 atom stereocenters. The van der Waals surface area contributed by atoms with Crippen molar-refractivity contribution in [2.24, 2.45) is 0 Å². The molecule has 0 saturated carbocycles. The normalized spacial score (nSPS) is 10.8. The predicted molar refractivity (Wildman–Crippen MR) is 81.7 cm³/mol. The first-order chi connectivity index (χ1) is 9.72. The molecule has 2 heterocycles. The average molecular weight is 329 g/mol. The van der Waals surface area contributed by atoms with Gasteiger partial charge in [-0.1, -0.05) is 34.1 Å². The number of nitrogens with zero attached hydrogens (tertiary/aromatic N) is 2. The Hall–Kier alpha value is -1.94. The fourth-order valence-corrected chi connectivity index (χ4v) is 2.51. The van der Waals surface area contributed by atoms with E-state index in [9.17, 15) is 4.79 Å². The molecule has 0 saturated heterocycles. The number of benzene rings is 1. The standard InChI is InChI=1S/C16H13BrN2O/c17-13-6-4-12(5-7-13)10-15(20)11-14-2-1-3-16-18-8-9-19(14)16/h1-9H,10-11H2. The van der Waals surface area contributed by atoms with Crippen LogP contribution in [-0.4, -0.2) is 15.2 Å². The van der Waals surface area contributed by atoms with Crippen LogP contribution in [0.5, 0.6) is 0 Å². The van der Waals surface area contributed by atoms with Gasteiger partial charge in [0.15, 0.2) is 0 Å². The molecular formula is C16H13BrN2O. The van der Waals surface area contributed by atoms with E-state index in [4.69, 9.17) is 0 Å². The summed E-state index contributed by atoms with van der Waals surface area (Å²) >= 11 is 3.39. The number of hydrogen-bond acceptors (Lipinski definition) is 2. The summed E-state index contributed by atoms with van der Waals surface area (Å²) in [6.07, 6.45) is 4.51. The molecule has 0 aliphatic heterocycles. The Labute approximate surface area is 125 Å². The number of ketones is 1. The number of pyridine rings is 1. The molecule has 2 aromatic heterocycles. The molecule has 100 valence electrons. The molecule has 1 aromatic carbocycles. The summed E-state index contributed by atoms with van der Waals surface area (Å²) in [7, 11) is 0. The van der Waals surface area contributed by atoms with Crippen molar-refractivity contribution in [3.63, 3.8) is 0 Å². The van der Waals surface area contributed by atoms with E-state index in [0.717, 1.165) is 21.4 Å². The lowest BCUT2D eigenvalue weighted by atomic mass is 10.1. The van der Waals surface area contributed by atoms with Crippen LogP contribution in [0.4, 0.5) is 0 Å². The van der Waals surface area contributed by atoms with Crippen LogP contribution in [0.3, 0.4) is 0 Å². The molecule has 0 bridgehead atoms. The van der Waals surface area contributed by atoms with Crippen LogP contribution in [0.2, 0.25) is 0 Å². The van der Waals surface area contributed by atoms with Gasteiger partial charge in [-0.25, -0.2) is 4.98 Å². The van der Waals surface area contributed by atoms with Gasteiger partial charge in [0.1, 0.15) is 11.4 Å². The van der Waals surface area contributed by atoms with Crippen LogP contribution in [0.25, 0.3) is 5.65 Å². The van der Waals surface area contributed by atoms with Gasteiger partial charge in [-0.2, -0.15) is 0 Å². The Balaban J connectivity index is 1.76. The summed E-state index contributed by atoms with van der Waals surface area (Å²) in [6, 6.07) is 13.7. The monoisotopic (exact) mass is 328 g/mol. The quantitative estimate of drug-likeness (QED) is 0.735. The Kier molecular flexibility index (Phi) is 3.65. The van der Waals surface area contributed by atoms with E-state index < -0.39 is 0 Å². The van der Waals surface area contributed by atoms with Crippen molar-refractivity contribution in [3.8, 4) is 0 Å². The van der Waals surface area contributed by atoms with Crippen molar-refractivity contribution in [1.29, 1.82) is 0 Å². The summed E-state index contributed by atoms with van der Waals surface area (Å²) in [5.41, 5.74) is 2.89. The third-order valence-electron chi connectivity index (χ3n) is 3.21. The maximum atomic E-state index is 12.2. The number of aromatic nitrogens is 2. The molecule has 0 N–H and O–H groups in total. The van der Waals surface area contributed by atoms with Gasteiger partial charge in [-0.15, -0.1) is 0 Å². The van der Waals surface area contributed by atoms with Crippen LogP contribution in [0.1, 0.15) is 11.3 Å². The number of carbonyl (C=O) groups excluding carboxylic acids is 1. The SMILES string of the molecule is O=C(Cc1ccc(Br)cc1)Cc1cccc2nccn12. The van der Waals surface area contributed by atoms with Gasteiger partial charge in [0, 0.05) is 35.4 Å². The van der Waals surface area contributed by atoms with E-state index in [-0.39, 0.29) is 5.78 Å². The van der Waals surface area contributed by atoms with E-state index in [1.54, 1.807) is 6.20 Å². The Bertz CT molecular complexity index is 747. The van der Waals surface area contributed by atoms with Crippen molar-refractivity contribution in [3.05, 3.63) is 70.6 Å². The molecule has 0 unspecified atom stereocenters. The second-order valence-corrected chi connectivity index (χ2v) is 5.61.